The number of rotatable bonds is 6. The zero-order valence-corrected chi connectivity index (χ0v) is 14.4. The quantitative estimate of drug-likeness (QED) is 0.829. The van der Waals surface area contributed by atoms with E-state index in [0.717, 1.165) is 31.0 Å². The average Bonchev–Trinajstić information content (AvgIpc) is 2.92. The molecule has 1 heterocycles. The fourth-order valence-corrected chi connectivity index (χ4v) is 3.62. The first-order chi connectivity index (χ1) is 10.0. The number of benzene rings is 1. The van der Waals surface area contributed by atoms with Crippen LogP contribution in [0.15, 0.2) is 18.2 Å². The van der Waals surface area contributed by atoms with Crippen molar-refractivity contribution in [3.8, 4) is 0 Å². The molecular formula is C18H29ClN2. The molecule has 1 atom stereocenters. The lowest BCUT2D eigenvalue weighted by atomic mass is 9.82. The topological polar surface area (TPSA) is 29.3 Å². The summed E-state index contributed by atoms with van der Waals surface area (Å²) in [6, 6.07) is 6.51. The molecule has 1 aliphatic heterocycles. The molecule has 118 valence electrons. The Hall–Kier alpha value is -0.730. The van der Waals surface area contributed by atoms with Crippen molar-refractivity contribution in [2.24, 2.45) is 11.1 Å². The van der Waals surface area contributed by atoms with Gasteiger partial charge in [-0.05, 0) is 61.3 Å². The van der Waals surface area contributed by atoms with Crippen LogP contribution in [0, 0.1) is 5.41 Å². The van der Waals surface area contributed by atoms with E-state index in [1.165, 1.54) is 30.5 Å². The summed E-state index contributed by atoms with van der Waals surface area (Å²) in [4.78, 5) is 2.54. The first-order valence-corrected chi connectivity index (χ1v) is 8.70. The third-order valence-electron chi connectivity index (χ3n) is 5.33. The van der Waals surface area contributed by atoms with E-state index in [4.69, 9.17) is 17.3 Å². The SMILES string of the molecule is CCC(N)Cc1cc(Cl)ccc1N1CCC(CC)(CC)C1. The summed E-state index contributed by atoms with van der Waals surface area (Å²) < 4.78 is 0. The van der Waals surface area contributed by atoms with E-state index < -0.39 is 0 Å². The lowest BCUT2D eigenvalue weighted by molar-refractivity contribution is 0.301. The van der Waals surface area contributed by atoms with Gasteiger partial charge in [-0.3, -0.25) is 0 Å². The van der Waals surface area contributed by atoms with Gasteiger partial charge in [0, 0.05) is 29.8 Å². The van der Waals surface area contributed by atoms with Gasteiger partial charge in [0.15, 0.2) is 0 Å². The second kappa shape index (κ2) is 7.02. The molecule has 1 aromatic carbocycles. The van der Waals surface area contributed by atoms with Crippen LogP contribution in [0.25, 0.3) is 0 Å². The molecule has 1 aromatic rings. The Bertz CT molecular complexity index is 468. The van der Waals surface area contributed by atoms with Crippen molar-refractivity contribution in [1.82, 2.24) is 0 Å². The maximum Gasteiger partial charge on any atom is 0.0410 e. The molecule has 0 saturated carbocycles. The van der Waals surface area contributed by atoms with Crippen LogP contribution in [-0.2, 0) is 6.42 Å². The Morgan fingerprint density at radius 1 is 1.29 bits per heavy atom. The molecule has 2 N–H and O–H groups in total. The van der Waals surface area contributed by atoms with E-state index in [1.54, 1.807) is 0 Å². The summed E-state index contributed by atoms with van der Waals surface area (Å²) in [5, 5.41) is 0.813. The molecule has 0 aromatic heterocycles. The highest BCUT2D eigenvalue weighted by Crippen LogP contribution is 2.40. The van der Waals surface area contributed by atoms with Crippen LogP contribution in [0.1, 0.15) is 52.0 Å². The van der Waals surface area contributed by atoms with Crippen LogP contribution in [-0.4, -0.2) is 19.1 Å². The minimum absolute atomic E-state index is 0.215. The summed E-state index contributed by atoms with van der Waals surface area (Å²) in [6.45, 7) is 9.10. The molecule has 0 spiro atoms. The van der Waals surface area contributed by atoms with Crippen molar-refractivity contribution in [3.63, 3.8) is 0 Å². The second-order valence-electron chi connectivity index (χ2n) is 6.52. The Labute approximate surface area is 134 Å². The van der Waals surface area contributed by atoms with Crippen molar-refractivity contribution < 1.29 is 0 Å². The fourth-order valence-electron chi connectivity index (χ4n) is 3.42. The lowest BCUT2D eigenvalue weighted by Gasteiger charge is -2.28. The summed E-state index contributed by atoms with van der Waals surface area (Å²) in [6.07, 6.45) is 5.73. The standard InChI is InChI=1S/C18H29ClN2/c1-4-16(20)12-14-11-15(19)7-8-17(14)21-10-9-18(5-2,6-3)13-21/h7-8,11,16H,4-6,9-10,12-13,20H2,1-3H3. The van der Waals surface area contributed by atoms with Crippen molar-refractivity contribution in [2.75, 3.05) is 18.0 Å². The van der Waals surface area contributed by atoms with Crippen LogP contribution in [0.4, 0.5) is 5.69 Å². The third-order valence-corrected chi connectivity index (χ3v) is 5.56. The predicted octanol–water partition coefficient (Wildman–Crippen LogP) is 4.64. The van der Waals surface area contributed by atoms with Gasteiger partial charge in [-0.25, -0.2) is 0 Å². The van der Waals surface area contributed by atoms with Crippen LogP contribution < -0.4 is 10.6 Å². The zero-order valence-electron chi connectivity index (χ0n) is 13.7. The molecular weight excluding hydrogens is 280 g/mol. The normalized spacial score (nSPS) is 19.0. The number of nitrogens with zero attached hydrogens (tertiary/aromatic N) is 1. The van der Waals surface area contributed by atoms with Crippen molar-refractivity contribution in [3.05, 3.63) is 28.8 Å². The number of hydrogen-bond donors (Lipinski definition) is 1. The van der Waals surface area contributed by atoms with E-state index in [0.29, 0.717) is 5.41 Å². The average molecular weight is 309 g/mol. The van der Waals surface area contributed by atoms with Gasteiger partial charge in [0.25, 0.3) is 0 Å². The van der Waals surface area contributed by atoms with E-state index >= 15 is 0 Å². The van der Waals surface area contributed by atoms with Crippen LogP contribution in [0.5, 0.6) is 0 Å². The molecule has 0 radical (unpaired) electrons. The highest BCUT2D eigenvalue weighted by molar-refractivity contribution is 6.30. The molecule has 1 unspecified atom stereocenters. The summed E-state index contributed by atoms with van der Waals surface area (Å²) in [5.74, 6) is 0. The van der Waals surface area contributed by atoms with Gasteiger partial charge in [-0.15, -0.1) is 0 Å². The Kier molecular flexibility index (Phi) is 5.56. The molecule has 21 heavy (non-hydrogen) atoms. The highest BCUT2D eigenvalue weighted by Gasteiger charge is 2.35. The molecule has 2 rings (SSSR count). The number of halogens is 1. The fraction of sp³-hybridized carbons (Fsp3) is 0.667. The Morgan fingerprint density at radius 3 is 2.57 bits per heavy atom. The molecule has 0 bridgehead atoms. The maximum atomic E-state index is 6.20. The van der Waals surface area contributed by atoms with E-state index in [-0.39, 0.29) is 6.04 Å². The largest absolute Gasteiger partial charge is 0.371 e. The monoisotopic (exact) mass is 308 g/mol. The second-order valence-corrected chi connectivity index (χ2v) is 6.96. The van der Waals surface area contributed by atoms with Gasteiger partial charge >= 0.3 is 0 Å². The van der Waals surface area contributed by atoms with Crippen molar-refractivity contribution in [1.29, 1.82) is 0 Å². The van der Waals surface area contributed by atoms with Crippen LogP contribution >= 0.6 is 11.6 Å². The van der Waals surface area contributed by atoms with Gasteiger partial charge in [0.05, 0.1) is 0 Å². The zero-order chi connectivity index (χ0) is 15.5. The minimum Gasteiger partial charge on any atom is -0.371 e. The molecule has 1 fully saturated rings. The van der Waals surface area contributed by atoms with Gasteiger partial charge in [-0.2, -0.15) is 0 Å². The Morgan fingerprint density at radius 2 is 2.00 bits per heavy atom. The van der Waals surface area contributed by atoms with Gasteiger partial charge in [-0.1, -0.05) is 32.4 Å². The summed E-state index contributed by atoms with van der Waals surface area (Å²) in [5.41, 5.74) is 9.30. The first kappa shape index (κ1) is 16.6. The Balaban J connectivity index is 2.24. The van der Waals surface area contributed by atoms with Gasteiger partial charge < -0.3 is 10.6 Å². The predicted molar refractivity (Wildman–Crippen MR) is 93.3 cm³/mol. The van der Waals surface area contributed by atoms with Gasteiger partial charge in [0.1, 0.15) is 0 Å². The van der Waals surface area contributed by atoms with E-state index in [1.807, 2.05) is 6.07 Å². The minimum atomic E-state index is 0.215. The van der Waals surface area contributed by atoms with Crippen molar-refractivity contribution >= 4 is 17.3 Å². The van der Waals surface area contributed by atoms with Crippen LogP contribution in [0.3, 0.4) is 0 Å². The molecule has 2 nitrogen and oxygen atoms in total. The molecule has 0 aliphatic carbocycles. The smallest absolute Gasteiger partial charge is 0.0410 e. The summed E-state index contributed by atoms with van der Waals surface area (Å²) in [7, 11) is 0. The molecule has 3 heteroatoms. The van der Waals surface area contributed by atoms with Gasteiger partial charge in [0.2, 0.25) is 0 Å². The number of anilines is 1. The molecule has 1 aliphatic rings. The van der Waals surface area contributed by atoms with Crippen molar-refractivity contribution in [2.45, 2.75) is 58.9 Å². The molecule has 0 amide bonds. The maximum absolute atomic E-state index is 6.20. The number of nitrogens with two attached hydrogens (primary N) is 1. The highest BCUT2D eigenvalue weighted by atomic mass is 35.5. The summed E-state index contributed by atoms with van der Waals surface area (Å²) >= 11 is 6.20. The van der Waals surface area contributed by atoms with Crippen LogP contribution in [0.2, 0.25) is 5.02 Å². The lowest BCUT2D eigenvalue weighted by Crippen LogP contribution is -2.28. The number of hydrogen-bond acceptors (Lipinski definition) is 2. The molecule has 1 saturated heterocycles. The van der Waals surface area contributed by atoms with E-state index in [9.17, 15) is 0 Å². The van der Waals surface area contributed by atoms with E-state index in [2.05, 4.69) is 37.8 Å². The first-order valence-electron chi connectivity index (χ1n) is 8.32. The third kappa shape index (κ3) is 3.73.